The van der Waals surface area contributed by atoms with Gasteiger partial charge >= 0.3 is 0 Å². The molecule has 1 saturated heterocycles. The molecule has 1 aliphatic rings. The Kier molecular flexibility index (Phi) is 6.13. The Morgan fingerprint density at radius 3 is 2.67 bits per heavy atom. The quantitative estimate of drug-likeness (QED) is 0.788. The number of nitrogens with zero attached hydrogens (tertiary/aromatic N) is 2. The van der Waals surface area contributed by atoms with Crippen molar-refractivity contribution in [1.82, 2.24) is 15.5 Å². The zero-order chi connectivity index (χ0) is 19.3. The molecule has 8 heteroatoms. The van der Waals surface area contributed by atoms with Crippen LogP contribution in [0.25, 0.3) is 0 Å². The van der Waals surface area contributed by atoms with E-state index in [1.54, 1.807) is 26.3 Å². The minimum atomic E-state index is -0.265. The van der Waals surface area contributed by atoms with E-state index in [-0.39, 0.29) is 17.0 Å². The van der Waals surface area contributed by atoms with Crippen LogP contribution >= 0.6 is 11.6 Å². The Balaban J connectivity index is 1.84. The van der Waals surface area contributed by atoms with Gasteiger partial charge < -0.3 is 20.1 Å². The summed E-state index contributed by atoms with van der Waals surface area (Å²) in [5.41, 5.74) is 1.14. The van der Waals surface area contributed by atoms with Crippen LogP contribution in [0.2, 0.25) is 5.02 Å². The van der Waals surface area contributed by atoms with E-state index in [2.05, 4.69) is 20.8 Å². The van der Waals surface area contributed by atoms with Gasteiger partial charge in [0.05, 0.1) is 7.11 Å². The van der Waals surface area contributed by atoms with Crippen molar-refractivity contribution in [3.05, 3.63) is 46.6 Å². The molecule has 1 aliphatic heterocycles. The summed E-state index contributed by atoms with van der Waals surface area (Å²) in [5, 5.41) is 14.6. The Morgan fingerprint density at radius 2 is 2.04 bits per heavy atom. The van der Waals surface area contributed by atoms with Gasteiger partial charge in [0.25, 0.3) is 5.91 Å². The number of carbonyl (C=O) groups excluding carboxylic acids is 1. The minimum absolute atomic E-state index is 0.199. The van der Waals surface area contributed by atoms with Gasteiger partial charge in [-0.15, -0.1) is 10.2 Å². The average Bonchev–Trinajstić information content (AvgIpc) is 2.72. The molecule has 1 fully saturated rings. The number of halogens is 1. The van der Waals surface area contributed by atoms with Crippen LogP contribution in [0.4, 0.5) is 5.82 Å². The van der Waals surface area contributed by atoms with Crippen LogP contribution in [-0.2, 0) is 10.2 Å². The van der Waals surface area contributed by atoms with E-state index in [4.69, 9.17) is 21.1 Å². The summed E-state index contributed by atoms with van der Waals surface area (Å²) in [4.78, 5) is 11.6. The lowest BCUT2D eigenvalue weighted by Gasteiger charge is -2.38. The molecule has 144 valence electrons. The number of nitrogens with one attached hydrogen (secondary N) is 2. The highest BCUT2D eigenvalue weighted by atomic mass is 35.5. The second kappa shape index (κ2) is 8.54. The molecule has 0 radical (unpaired) electrons. The van der Waals surface area contributed by atoms with Gasteiger partial charge in [-0.1, -0.05) is 11.6 Å². The summed E-state index contributed by atoms with van der Waals surface area (Å²) >= 11 is 6.27. The van der Waals surface area contributed by atoms with Crippen molar-refractivity contribution in [3.63, 3.8) is 0 Å². The second-order valence-corrected chi connectivity index (χ2v) is 6.91. The number of carbonyl (C=O) groups is 1. The number of hydrogen-bond acceptors (Lipinski definition) is 6. The van der Waals surface area contributed by atoms with Crippen molar-refractivity contribution in [2.24, 2.45) is 0 Å². The van der Waals surface area contributed by atoms with Gasteiger partial charge in [-0.2, -0.15) is 0 Å². The minimum Gasteiger partial charge on any atom is -0.496 e. The molecule has 1 aromatic heterocycles. The fraction of sp³-hybridized carbons (Fsp3) is 0.421. The van der Waals surface area contributed by atoms with Crippen LogP contribution in [-0.4, -0.2) is 50.0 Å². The third-order valence-electron chi connectivity index (χ3n) is 4.91. The monoisotopic (exact) mass is 390 g/mol. The summed E-state index contributed by atoms with van der Waals surface area (Å²) in [5.74, 6) is 1.15. The van der Waals surface area contributed by atoms with Crippen molar-refractivity contribution >= 4 is 23.3 Å². The van der Waals surface area contributed by atoms with E-state index in [0.29, 0.717) is 30.6 Å². The van der Waals surface area contributed by atoms with Crippen LogP contribution in [0.1, 0.15) is 28.9 Å². The molecule has 0 unspecified atom stereocenters. The van der Waals surface area contributed by atoms with E-state index in [0.717, 1.165) is 24.2 Å². The highest BCUT2D eigenvalue weighted by molar-refractivity contribution is 6.30. The SMILES string of the molecule is CNC(=O)c1ccc(NCC2(c3cc(Cl)ccc3OC)CCOCC2)nn1. The van der Waals surface area contributed by atoms with Crippen LogP contribution in [0.3, 0.4) is 0 Å². The zero-order valence-electron chi connectivity index (χ0n) is 15.4. The fourth-order valence-corrected chi connectivity index (χ4v) is 3.51. The smallest absolute Gasteiger partial charge is 0.271 e. The predicted molar refractivity (Wildman–Crippen MR) is 104 cm³/mol. The van der Waals surface area contributed by atoms with Crippen molar-refractivity contribution in [3.8, 4) is 5.75 Å². The number of hydrogen-bond donors (Lipinski definition) is 2. The highest BCUT2D eigenvalue weighted by Crippen LogP contribution is 2.41. The number of benzene rings is 1. The van der Waals surface area contributed by atoms with Crippen LogP contribution in [0, 0.1) is 0 Å². The Labute approximate surface area is 163 Å². The molecular formula is C19H23ClN4O3. The highest BCUT2D eigenvalue weighted by Gasteiger charge is 2.37. The van der Waals surface area contributed by atoms with Gasteiger partial charge in [0.15, 0.2) is 5.69 Å². The molecule has 3 rings (SSSR count). The first kappa shape index (κ1) is 19.4. The second-order valence-electron chi connectivity index (χ2n) is 6.47. The molecule has 0 atom stereocenters. The summed E-state index contributed by atoms with van der Waals surface area (Å²) in [6.07, 6.45) is 1.67. The summed E-state index contributed by atoms with van der Waals surface area (Å²) in [7, 11) is 3.22. The Morgan fingerprint density at radius 1 is 1.26 bits per heavy atom. The molecule has 0 bridgehead atoms. The maximum Gasteiger partial charge on any atom is 0.271 e. The van der Waals surface area contributed by atoms with E-state index >= 15 is 0 Å². The van der Waals surface area contributed by atoms with Gasteiger partial charge in [-0.3, -0.25) is 4.79 Å². The summed E-state index contributed by atoms with van der Waals surface area (Å²) in [6.45, 7) is 1.96. The average molecular weight is 391 g/mol. The third kappa shape index (κ3) is 4.31. The third-order valence-corrected chi connectivity index (χ3v) is 5.15. The van der Waals surface area contributed by atoms with E-state index in [1.807, 2.05) is 18.2 Å². The predicted octanol–water partition coefficient (Wildman–Crippen LogP) is 2.66. The molecule has 1 aromatic carbocycles. The van der Waals surface area contributed by atoms with E-state index in [9.17, 15) is 4.79 Å². The first-order valence-corrected chi connectivity index (χ1v) is 9.17. The normalized spacial score (nSPS) is 15.8. The zero-order valence-corrected chi connectivity index (χ0v) is 16.2. The molecule has 1 amide bonds. The number of rotatable bonds is 6. The van der Waals surface area contributed by atoms with Gasteiger partial charge in [-0.25, -0.2) is 0 Å². The lowest BCUT2D eigenvalue weighted by atomic mass is 9.73. The number of amides is 1. The van der Waals surface area contributed by atoms with E-state index in [1.165, 1.54) is 0 Å². The first-order valence-electron chi connectivity index (χ1n) is 8.79. The van der Waals surface area contributed by atoms with Crippen molar-refractivity contribution in [2.75, 3.05) is 39.2 Å². The van der Waals surface area contributed by atoms with Crippen molar-refractivity contribution in [2.45, 2.75) is 18.3 Å². The molecular weight excluding hydrogens is 368 g/mol. The molecule has 0 aliphatic carbocycles. The molecule has 2 heterocycles. The number of methoxy groups -OCH3 is 1. The standard InChI is InChI=1S/C19H23ClN4O3/c1-21-18(25)15-4-6-17(24-23-15)22-12-19(7-9-27-10-8-19)14-11-13(20)3-5-16(14)26-2/h3-6,11H,7-10,12H2,1-2H3,(H,21,25)(H,22,24). The summed E-state index contributed by atoms with van der Waals surface area (Å²) in [6, 6.07) is 9.08. The molecule has 0 spiro atoms. The topological polar surface area (TPSA) is 85.4 Å². The maximum absolute atomic E-state index is 11.6. The van der Waals surface area contributed by atoms with Crippen LogP contribution in [0.15, 0.2) is 30.3 Å². The number of aromatic nitrogens is 2. The van der Waals surface area contributed by atoms with Crippen molar-refractivity contribution in [1.29, 1.82) is 0 Å². The maximum atomic E-state index is 11.6. The molecule has 2 N–H and O–H groups in total. The molecule has 7 nitrogen and oxygen atoms in total. The largest absolute Gasteiger partial charge is 0.496 e. The summed E-state index contributed by atoms with van der Waals surface area (Å²) < 4.78 is 11.2. The van der Waals surface area contributed by atoms with Gasteiger partial charge in [0.1, 0.15) is 11.6 Å². The van der Waals surface area contributed by atoms with Crippen molar-refractivity contribution < 1.29 is 14.3 Å². The van der Waals surface area contributed by atoms with Gasteiger partial charge in [-0.05, 0) is 43.2 Å². The Bertz CT molecular complexity index is 792. The lowest BCUT2D eigenvalue weighted by molar-refractivity contribution is 0.0535. The first-order chi connectivity index (χ1) is 13.1. The van der Waals surface area contributed by atoms with E-state index < -0.39 is 0 Å². The Hall–Kier alpha value is -2.38. The molecule has 2 aromatic rings. The van der Waals surface area contributed by atoms with Crippen LogP contribution < -0.4 is 15.4 Å². The molecule has 27 heavy (non-hydrogen) atoms. The lowest BCUT2D eigenvalue weighted by Crippen LogP contribution is -2.40. The van der Waals surface area contributed by atoms with Crippen LogP contribution in [0.5, 0.6) is 5.75 Å². The van der Waals surface area contributed by atoms with Gasteiger partial charge in [0, 0.05) is 42.8 Å². The van der Waals surface area contributed by atoms with Gasteiger partial charge in [0.2, 0.25) is 0 Å². The fourth-order valence-electron chi connectivity index (χ4n) is 3.33. The molecule has 0 saturated carbocycles. The number of ether oxygens (including phenoxy) is 2. The number of anilines is 1.